The van der Waals surface area contributed by atoms with Gasteiger partial charge in [-0.2, -0.15) is 0 Å². The number of hydrogen-bond donors (Lipinski definition) is 0. The van der Waals surface area contributed by atoms with Crippen LogP contribution < -0.4 is 9.47 Å². The number of carbonyl (C=O) groups is 1. The van der Waals surface area contributed by atoms with Crippen molar-refractivity contribution in [2.24, 2.45) is 0 Å². The predicted molar refractivity (Wildman–Crippen MR) is 90.8 cm³/mol. The molecule has 128 valence electrons. The van der Waals surface area contributed by atoms with Crippen molar-refractivity contribution in [1.82, 2.24) is 9.88 Å². The second kappa shape index (κ2) is 7.63. The van der Waals surface area contributed by atoms with Gasteiger partial charge in [0, 0.05) is 18.5 Å². The monoisotopic (exact) mass is 348 g/mol. The first kappa shape index (κ1) is 16.7. The maximum atomic E-state index is 11.7. The summed E-state index contributed by atoms with van der Waals surface area (Å²) in [6, 6.07) is 7.67. The third-order valence-electron chi connectivity index (χ3n) is 3.52. The highest BCUT2D eigenvalue weighted by molar-refractivity contribution is 7.11. The first-order valence-corrected chi connectivity index (χ1v) is 8.72. The molecule has 0 saturated heterocycles. The van der Waals surface area contributed by atoms with Crippen LogP contribution in [-0.2, 0) is 11.3 Å². The van der Waals surface area contributed by atoms with Gasteiger partial charge in [-0.3, -0.25) is 4.90 Å². The molecule has 0 fully saturated rings. The maximum Gasteiger partial charge on any atom is 0.367 e. The van der Waals surface area contributed by atoms with Crippen LogP contribution in [0, 0.1) is 0 Å². The fourth-order valence-electron chi connectivity index (χ4n) is 2.51. The second-order valence-corrected chi connectivity index (χ2v) is 6.42. The summed E-state index contributed by atoms with van der Waals surface area (Å²) in [6.45, 7) is 4.00. The fourth-order valence-corrected chi connectivity index (χ4v) is 3.21. The van der Waals surface area contributed by atoms with Crippen LogP contribution in [0.3, 0.4) is 0 Å². The summed E-state index contributed by atoms with van der Waals surface area (Å²) in [6.07, 6.45) is -0.0342. The van der Waals surface area contributed by atoms with E-state index in [0.29, 0.717) is 31.3 Å². The van der Waals surface area contributed by atoms with E-state index in [1.807, 2.05) is 36.7 Å². The number of fused-ring (bicyclic) bond motifs is 1. The van der Waals surface area contributed by atoms with E-state index < -0.39 is 0 Å². The average Bonchev–Trinajstić information content (AvgIpc) is 3.03. The van der Waals surface area contributed by atoms with Crippen LogP contribution in [0.15, 0.2) is 29.6 Å². The number of hydrogen-bond acceptors (Lipinski definition) is 7. The highest BCUT2D eigenvalue weighted by Gasteiger charge is 2.22. The summed E-state index contributed by atoms with van der Waals surface area (Å²) in [5.74, 6) is 1.20. The summed E-state index contributed by atoms with van der Waals surface area (Å²) in [7, 11) is 1.99. The molecule has 1 aromatic heterocycles. The second-order valence-electron chi connectivity index (χ2n) is 5.56. The number of likely N-dealkylation sites (N-methyl/N-ethyl adjacent to an activating group) is 1. The maximum absolute atomic E-state index is 11.7. The molecule has 6 nitrogen and oxygen atoms in total. The number of nitrogens with zero attached hydrogens (tertiary/aromatic N) is 2. The first-order chi connectivity index (χ1) is 11.7. The third kappa shape index (κ3) is 4.04. The quantitative estimate of drug-likeness (QED) is 0.748. The highest BCUT2D eigenvalue weighted by atomic mass is 32.1. The van der Waals surface area contributed by atoms with E-state index in [4.69, 9.17) is 14.2 Å². The molecule has 0 bridgehead atoms. The van der Waals surface area contributed by atoms with E-state index in [9.17, 15) is 4.79 Å². The Morgan fingerprint density at radius 1 is 1.42 bits per heavy atom. The number of ether oxygens (including phenoxy) is 3. The minimum absolute atomic E-state index is 0.0342. The number of carbonyl (C=O) groups excluding carboxylic acids is 1. The molecule has 0 N–H and O–H groups in total. The number of esters is 1. The van der Waals surface area contributed by atoms with E-state index in [1.54, 1.807) is 6.92 Å². The molecular weight excluding hydrogens is 328 g/mol. The molecule has 24 heavy (non-hydrogen) atoms. The van der Waals surface area contributed by atoms with Gasteiger partial charge in [0.1, 0.15) is 12.7 Å². The number of benzene rings is 1. The Balaban J connectivity index is 1.53. The predicted octanol–water partition coefficient (Wildman–Crippen LogP) is 2.59. The van der Waals surface area contributed by atoms with Gasteiger partial charge in [0.05, 0.1) is 12.3 Å². The van der Waals surface area contributed by atoms with Crippen molar-refractivity contribution in [2.45, 2.75) is 19.6 Å². The highest BCUT2D eigenvalue weighted by Crippen LogP contribution is 2.31. The minimum atomic E-state index is -0.364. The number of aromatic nitrogens is 1. The lowest BCUT2D eigenvalue weighted by Crippen LogP contribution is -2.39. The van der Waals surface area contributed by atoms with Crippen LogP contribution in [0.1, 0.15) is 22.4 Å². The van der Waals surface area contributed by atoms with Crippen LogP contribution in [0.5, 0.6) is 11.5 Å². The Morgan fingerprint density at radius 2 is 2.21 bits per heavy atom. The van der Waals surface area contributed by atoms with Gasteiger partial charge in [0.2, 0.25) is 5.01 Å². The lowest BCUT2D eigenvalue weighted by atomic mass is 10.2. The average molecular weight is 348 g/mol. The number of para-hydroxylation sites is 2. The molecule has 1 aliphatic rings. The van der Waals surface area contributed by atoms with Crippen LogP contribution >= 0.6 is 11.3 Å². The molecule has 2 aromatic rings. The summed E-state index contributed by atoms with van der Waals surface area (Å²) >= 11 is 1.31. The van der Waals surface area contributed by atoms with Gasteiger partial charge in [-0.15, -0.1) is 11.3 Å². The van der Waals surface area contributed by atoms with Crippen molar-refractivity contribution >= 4 is 17.3 Å². The van der Waals surface area contributed by atoms with Crippen molar-refractivity contribution in [2.75, 3.05) is 26.8 Å². The number of rotatable bonds is 6. The van der Waals surface area contributed by atoms with E-state index in [2.05, 4.69) is 9.88 Å². The van der Waals surface area contributed by atoms with Gasteiger partial charge in [-0.25, -0.2) is 9.78 Å². The SMILES string of the molecule is CCOC(=O)c1nc(CN(C)C[C@@H]2COc3ccccc3O2)cs1. The van der Waals surface area contributed by atoms with Crippen molar-refractivity contribution in [3.05, 3.63) is 40.3 Å². The largest absolute Gasteiger partial charge is 0.486 e. The van der Waals surface area contributed by atoms with Gasteiger partial charge in [-0.1, -0.05) is 12.1 Å². The zero-order valence-corrected chi connectivity index (χ0v) is 14.5. The van der Waals surface area contributed by atoms with Crippen LogP contribution in [-0.4, -0.2) is 48.8 Å². The standard InChI is InChI=1S/C17H20N2O4S/c1-3-21-17(20)16-18-12(11-24-16)8-19(2)9-13-10-22-14-6-4-5-7-15(14)23-13/h4-7,11,13H,3,8-10H2,1-2H3/t13-/m1/s1. The van der Waals surface area contributed by atoms with E-state index in [-0.39, 0.29) is 12.1 Å². The smallest absolute Gasteiger partial charge is 0.367 e. The molecule has 1 aromatic carbocycles. The Hall–Kier alpha value is -2.12. The lowest BCUT2D eigenvalue weighted by Gasteiger charge is -2.29. The Labute approximate surface area is 145 Å². The summed E-state index contributed by atoms with van der Waals surface area (Å²) in [5, 5.41) is 2.28. The summed E-state index contributed by atoms with van der Waals surface area (Å²) < 4.78 is 16.6. The topological polar surface area (TPSA) is 60.9 Å². The Bertz CT molecular complexity index is 703. The van der Waals surface area contributed by atoms with E-state index in [0.717, 1.165) is 17.2 Å². The molecule has 0 aliphatic carbocycles. The molecule has 0 spiro atoms. The molecule has 0 radical (unpaired) electrons. The van der Waals surface area contributed by atoms with Gasteiger partial charge < -0.3 is 14.2 Å². The van der Waals surface area contributed by atoms with Crippen LogP contribution in [0.2, 0.25) is 0 Å². The molecule has 1 aliphatic heterocycles. The number of thiazole rings is 1. The Morgan fingerprint density at radius 3 is 3.00 bits per heavy atom. The first-order valence-electron chi connectivity index (χ1n) is 7.84. The lowest BCUT2D eigenvalue weighted by molar-refractivity contribution is 0.0524. The molecule has 2 heterocycles. The molecule has 7 heteroatoms. The Kier molecular flexibility index (Phi) is 5.32. The van der Waals surface area contributed by atoms with Crippen molar-refractivity contribution in [1.29, 1.82) is 0 Å². The third-order valence-corrected chi connectivity index (χ3v) is 4.39. The van der Waals surface area contributed by atoms with Gasteiger partial charge in [0.15, 0.2) is 11.5 Å². The zero-order chi connectivity index (χ0) is 16.9. The molecule has 0 saturated carbocycles. The van der Waals surface area contributed by atoms with Crippen molar-refractivity contribution in [3.8, 4) is 11.5 Å². The van der Waals surface area contributed by atoms with Gasteiger partial charge in [0.25, 0.3) is 0 Å². The summed E-state index contributed by atoms with van der Waals surface area (Å²) in [4.78, 5) is 18.1. The van der Waals surface area contributed by atoms with Crippen molar-refractivity contribution < 1.29 is 19.0 Å². The molecule has 0 amide bonds. The molecule has 0 unspecified atom stereocenters. The van der Waals surface area contributed by atoms with E-state index in [1.165, 1.54) is 11.3 Å². The van der Waals surface area contributed by atoms with Crippen molar-refractivity contribution in [3.63, 3.8) is 0 Å². The molecule has 1 atom stereocenters. The molecular formula is C17H20N2O4S. The normalized spacial score (nSPS) is 16.2. The fraction of sp³-hybridized carbons (Fsp3) is 0.412. The zero-order valence-electron chi connectivity index (χ0n) is 13.7. The molecule has 3 rings (SSSR count). The minimum Gasteiger partial charge on any atom is -0.486 e. The van der Waals surface area contributed by atoms with E-state index >= 15 is 0 Å². The van der Waals surface area contributed by atoms with Crippen LogP contribution in [0.4, 0.5) is 0 Å². The van der Waals surface area contributed by atoms with Gasteiger partial charge >= 0.3 is 5.97 Å². The van der Waals surface area contributed by atoms with Gasteiger partial charge in [-0.05, 0) is 26.1 Å². The van der Waals surface area contributed by atoms with Crippen LogP contribution in [0.25, 0.3) is 0 Å². The summed E-state index contributed by atoms with van der Waals surface area (Å²) in [5.41, 5.74) is 0.850.